The molecule has 1 atom stereocenters. The summed E-state index contributed by atoms with van der Waals surface area (Å²) in [4.78, 5) is 24.6. The van der Waals surface area contributed by atoms with Crippen molar-refractivity contribution in [3.05, 3.63) is 47.5 Å². The van der Waals surface area contributed by atoms with Crippen molar-refractivity contribution in [2.24, 2.45) is 13.0 Å². The summed E-state index contributed by atoms with van der Waals surface area (Å²) < 4.78 is 1.86. The fourth-order valence-electron chi connectivity index (χ4n) is 3.33. The smallest absolute Gasteiger partial charge is 0.240 e. The van der Waals surface area contributed by atoms with Gasteiger partial charge in [0.05, 0.1) is 6.54 Å². The Kier molecular flexibility index (Phi) is 5.65. The van der Waals surface area contributed by atoms with E-state index >= 15 is 0 Å². The largest absolute Gasteiger partial charge is 0.347 e. The van der Waals surface area contributed by atoms with Crippen LogP contribution in [0.25, 0.3) is 0 Å². The number of rotatable bonds is 6. The lowest BCUT2D eigenvalue weighted by Crippen LogP contribution is -2.41. The van der Waals surface area contributed by atoms with Gasteiger partial charge in [0.2, 0.25) is 11.8 Å². The van der Waals surface area contributed by atoms with Gasteiger partial charge >= 0.3 is 0 Å². The van der Waals surface area contributed by atoms with Crippen molar-refractivity contribution in [1.82, 2.24) is 25.4 Å². The normalized spacial score (nSPS) is 15.6. The summed E-state index contributed by atoms with van der Waals surface area (Å²) in [5.41, 5.74) is 0.915. The number of hydrogen-bond acceptors (Lipinski definition) is 4. The summed E-state index contributed by atoms with van der Waals surface area (Å²) in [5, 5.41) is 14.0. The summed E-state index contributed by atoms with van der Waals surface area (Å²) in [6.07, 6.45) is 4.01. The van der Waals surface area contributed by atoms with Crippen LogP contribution in [0.5, 0.6) is 0 Å². The monoisotopic (exact) mass is 355 g/mol. The predicted molar refractivity (Wildman–Crippen MR) is 97.1 cm³/mol. The molecule has 1 aliphatic carbocycles. The molecule has 1 aromatic carbocycles. The van der Waals surface area contributed by atoms with Gasteiger partial charge in [-0.3, -0.25) is 9.59 Å². The first kappa shape index (κ1) is 18.1. The predicted octanol–water partition coefficient (Wildman–Crippen LogP) is 1.64. The van der Waals surface area contributed by atoms with Crippen LogP contribution in [0.4, 0.5) is 0 Å². The minimum atomic E-state index is -0.418. The highest BCUT2D eigenvalue weighted by atomic mass is 16.2. The molecule has 26 heavy (non-hydrogen) atoms. The zero-order valence-corrected chi connectivity index (χ0v) is 15.2. The van der Waals surface area contributed by atoms with Crippen LogP contribution in [0.15, 0.2) is 30.3 Å². The maximum atomic E-state index is 12.5. The first-order chi connectivity index (χ1) is 12.6. The molecule has 2 amide bonds. The molecule has 1 aromatic heterocycles. The van der Waals surface area contributed by atoms with Gasteiger partial charge in [0.25, 0.3) is 0 Å². The van der Waals surface area contributed by atoms with E-state index in [0.717, 1.165) is 37.1 Å². The molecule has 7 heteroatoms. The molecule has 0 aliphatic heterocycles. The number of benzene rings is 1. The van der Waals surface area contributed by atoms with E-state index in [9.17, 15) is 9.59 Å². The molecule has 138 valence electrons. The van der Waals surface area contributed by atoms with E-state index < -0.39 is 6.04 Å². The average molecular weight is 355 g/mol. The van der Waals surface area contributed by atoms with Gasteiger partial charge in [-0.15, -0.1) is 10.2 Å². The topological polar surface area (TPSA) is 88.9 Å². The number of nitrogens with one attached hydrogen (secondary N) is 2. The highest BCUT2D eigenvalue weighted by Crippen LogP contribution is 2.24. The number of amides is 2. The third kappa shape index (κ3) is 4.09. The number of aryl methyl sites for hydroxylation is 1. The lowest BCUT2D eigenvalue weighted by molar-refractivity contribution is -0.128. The van der Waals surface area contributed by atoms with Crippen LogP contribution in [0.3, 0.4) is 0 Å². The van der Waals surface area contributed by atoms with E-state index in [1.54, 1.807) is 0 Å². The van der Waals surface area contributed by atoms with Crippen molar-refractivity contribution in [3.63, 3.8) is 0 Å². The van der Waals surface area contributed by atoms with Gasteiger partial charge in [-0.05, 0) is 25.3 Å². The summed E-state index contributed by atoms with van der Waals surface area (Å²) in [7, 11) is 1.87. The van der Waals surface area contributed by atoms with E-state index in [-0.39, 0.29) is 24.3 Å². The van der Waals surface area contributed by atoms with Gasteiger partial charge in [0.1, 0.15) is 11.9 Å². The highest BCUT2D eigenvalue weighted by molar-refractivity contribution is 5.86. The zero-order chi connectivity index (χ0) is 18.5. The zero-order valence-electron chi connectivity index (χ0n) is 15.2. The molecular weight excluding hydrogens is 330 g/mol. The van der Waals surface area contributed by atoms with Crippen LogP contribution < -0.4 is 10.6 Å². The SMILES string of the molecule is Cc1nnc(C(NC(=O)CNC(=O)C2CCCC2)c2ccccc2)n1C. The van der Waals surface area contributed by atoms with Crippen molar-refractivity contribution in [2.45, 2.75) is 38.6 Å². The Labute approximate surface area is 153 Å². The Hall–Kier alpha value is -2.70. The van der Waals surface area contributed by atoms with E-state index in [0.29, 0.717) is 5.82 Å². The number of carbonyl (C=O) groups excluding carboxylic acids is 2. The molecule has 0 bridgehead atoms. The van der Waals surface area contributed by atoms with Crippen LogP contribution >= 0.6 is 0 Å². The standard InChI is InChI=1S/C19H25N5O2/c1-13-22-23-18(24(13)2)17(14-8-4-3-5-9-14)21-16(25)12-20-19(26)15-10-6-7-11-15/h3-5,8-9,15,17H,6-7,10-12H2,1-2H3,(H,20,26)(H,21,25). The maximum absolute atomic E-state index is 12.5. The van der Waals surface area contributed by atoms with Gasteiger partial charge in [-0.2, -0.15) is 0 Å². The fourth-order valence-corrected chi connectivity index (χ4v) is 3.33. The molecule has 2 N–H and O–H groups in total. The van der Waals surface area contributed by atoms with Crippen LogP contribution in [-0.2, 0) is 16.6 Å². The first-order valence-corrected chi connectivity index (χ1v) is 9.04. The Morgan fingerprint density at radius 2 is 1.88 bits per heavy atom. The third-order valence-electron chi connectivity index (χ3n) is 4.97. The summed E-state index contributed by atoms with van der Waals surface area (Å²) in [6, 6.07) is 9.21. The van der Waals surface area contributed by atoms with Gasteiger partial charge in [0.15, 0.2) is 5.82 Å². The van der Waals surface area contributed by atoms with Gasteiger partial charge in [-0.25, -0.2) is 0 Å². The number of nitrogens with zero attached hydrogens (tertiary/aromatic N) is 3. The van der Waals surface area contributed by atoms with Crippen molar-refractivity contribution in [3.8, 4) is 0 Å². The summed E-state index contributed by atoms with van der Waals surface area (Å²) in [6.45, 7) is 1.83. The average Bonchev–Trinajstić information content (AvgIpc) is 3.30. The molecule has 0 radical (unpaired) electrons. The molecule has 1 fully saturated rings. The third-order valence-corrected chi connectivity index (χ3v) is 4.97. The molecule has 0 saturated heterocycles. The van der Waals surface area contributed by atoms with Crippen molar-refractivity contribution < 1.29 is 9.59 Å². The molecule has 1 aliphatic rings. The molecule has 1 saturated carbocycles. The summed E-state index contributed by atoms with van der Waals surface area (Å²) >= 11 is 0. The molecule has 1 heterocycles. The molecule has 3 rings (SSSR count). The second-order valence-electron chi connectivity index (χ2n) is 6.77. The Morgan fingerprint density at radius 3 is 2.50 bits per heavy atom. The van der Waals surface area contributed by atoms with Crippen molar-refractivity contribution >= 4 is 11.8 Å². The second-order valence-corrected chi connectivity index (χ2v) is 6.77. The summed E-state index contributed by atoms with van der Waals surface area (Å²) in [5.74, 6) is 1.21. The molecule has 7 nitrogen and oxygen atoms in total. The van der Waals surface area contributed by atoms with E-state index in [1.807, 2.05) is 48.9 Å². The maximum Gasteiger partial charge on any atom is 0.240 e. The van der Waals surface area contributed by atoms with Crippen LogP contribution in [0, 0.1) is 12.8 Å². The second kappa shape index (κ2) is 8.12. The number of carbonyl (C=O) groups is 2. The van der Waals surface area contributed by atoms with E-state index in [1.165, 1.54) is 0 Å². The van der Waals surface area contributed by atoms with Crippen molar-refractivity contribution in [2.75, 3.05) is 6.54 Å². The van der Waals surface area contributed by atoms with Crippen molar-refractivity contribution in [1.29, 1.82) is 0 Å². The lowest BCUT2D eigenvalue weighted by atomic mass is 10.1. The minimum Gasteiger partial charge on any atom is -0.347 e. The Balaban J connectivity index is 1.68. The van der Waals surface area contributed by atoms with Crippen LogP contribution in [0.2, 0.25) is 0 Å². The van der Waals surface area contributed by atoms with E-state index in [4.69, 9.17) is 0 Å². The number of hydrogen-bond donors (Lipinski definition) is 2. The van der Waals surface area contributed by atoms with Gasteiger partial charge in [0, 0.05) is 13.0 Å². The van der Waals surface area contributed by atoms with Crippen LogP contribution in [0.1, 0.15) is 48.9 Å². The fraction of sp³-hybridized carbons (Fsp3) is 0.474. The van der Waals surface area contributed by atoms with E-state index in [2.05, 4.69) is 20.8 Å². The molecule has 0 spiro atoms. The van der Waals surface area contributed by atoms with Gasteiger partial charge in [-0.1, -0.05) is 43.2 Å². The quantitative estimate of drug-likeness (QED) is 0.824. The molecule has 2 aromatic rings. The Morgan fingerprint density at radius 1 is 1.19 bits per heavy atom. The number of aromatic nitrogens is 3. The van der Waals surface area contributed by atoms with Crippen LogP contribution in [-0.4, -0.2) is 33.1 Å². The minimum absolute atomic E-state index is 0.0246. The molecular formula is C19H25N5O2. The lowest BCUT2D eigenvalue weighted by Gasteiger charge is -2.19. The highest BCUT2D eigenvalue weighted by Gasteiger charge is 2.25. The molecule has 1 unspecified atom stereocenters. The Bertz CT molecular complexity index is 765. The first-order valence-electron chi connectivity index (χ1n) is 9.04. The van der Waals surface area contributed by atoms with Gasteiger partial charge < -0.3 is 15.2 Å².